The Bertz CT molecular complexity index is 591. The van der Waals surface area contributed by atoms with Crippen molar-refractivity contribution in [1.82, 2.24) is 0 Å². The second-order valence-corrected chi connectivity index (χ2v) is 6.19. The topological polar surface area (TPSA) is 3.88 Å². The van der Waals surface area contributed by atoms with Crippen molar-refractivity contribution in [3.8, 4) is 0 Å². The van der Waals surface area contributed by atoms with Gasteiger partial charge in [0.1, 0.15) is 0 Å². The molecule has 2 heterocycles. The molecule has 0 saturated carbocycles. The van der Waals surface area contributed by atoms with Crippen LogP contribution in [0.3, 0.4) is 0 Å². The third-order valence-corrected chi connectivity index (χ3v) is 3.81. The number of hydrogen-bond donors (Lipinski definition) is 0. The number of aromatic nitrogens is 1. The minimum absolute atomic E-state index is 0.224. The lowest BCUT2D eigenvalue weighted by Crippen LogP contribution is -2.42. The Labute approximate surface area is 109 Å². The van der Waals surface area contributed by atoms with E-state index in [0.29, 0.717) is 0 Å². The van der Waals surface area contributed by atoms with Gasteiger partial charge in [-0.3, -0.25) is 0 Å². The number of hydrogen-bond acceptors (Lipinski definition) is 0. The van der Waals surface area contributed by atoms with E-state index in [4.69, 9.17) is 0 Å². The third-order valence-electron chi connectivity index (χ3n) is 3.81. The zero-order chi connectivity index (χ0) is 12.8. The summed E-state index contributed by atoms with van der Waals surface area (Å²) >= 11 is 0. The van der Waals surface area contributed by atoms with Gasteiger partial charge >= 0.3 is 0 Å². The van der Waals surface area contributed by atoms with Crippen LogP contribution in [0.15, 0.2) is 42.6 Å². The van der Waals surface area contributed by atoms with E-state index in [1.165, 1.54) is 22.4 Å². The van der Waals surface area contributed by atoms with Gasteiger partial charge in [-0.2, -0.15) is 4.57 Å². The highest BCUT2D eigenvalue weighted by Gasteiger charge is 2.26. The zero-order valence-corrected chi connectivity index (χ0v) is 11.4. The van der Waals surface area contributed by atoms with Gasteiger partial charge in [0.05, 0.1) is 6.42 Å². The first-order valence-electron chi connectivity index (χ1n) is 6.64. The van der Waals surface area contributed by atoms with Gasteiger partial charge in [0.25, 0.3) is 0 Å². The summed E-state index contributed by atoms with van der Waals surface area (Å²) < 4.78 is 2.36. The van der Waals surface area contributed by atoms with Crippen molar-refractivity contribution in [3.05, 3.63) is 65.0 Å². The van der Waals surface area contributed by atoms with Crippen molar-refractivity contribution in [3.63, 3.8) is 0 Å². The van der Waals surface area contributed by atoms with Gasteiger partial charge in [-0.25, -0.2) is 0 Å². The maximum Gasteiger partial charge on any atom is 0.186 e. The molecule has 0 spiro atoms. The Hall–Kier alpha value is -1.63. The van der Waals surface area contributed by atoms with Gasteiger partial charge in [0.15, 0.2) is 18.4 Å². The van der Waals surface area contributed by atoms with Crippen LogP contribution in [0, 0.1) is 0 Å². The van der Waals surface area contributed by atoms with Gasteiger partial charge < -0.3 is 0 Å². The Kier molecular flexibility index (Phi) is 2.51. The van der Waals surface area contributed by atoms with Gasteiger partial charge in [-0.1, -0.05) is 45.0 Å². The number of rotatable bonds is 0. The molecule has 1 aliphatic rings. The molecule has 0 saturated heterocycles. The molecule has 1 aromatic carbocycles. The fraction of sp³-hybridized carbons (Fsp3) is 0.353. The summed E-state index contributed by atoms with van der Waals surface area (Å²) in [6.45, 7) is 7.91. The molecule has 0 aliphatic carbocycles. The van der Waals surface area contributed by atoms with Crippen molar-refractivity contribution >= 4 is 0 Å². The van der Waals surface area contributed by atoms with Crippen molar-refractivity contribution in [2.45, 2.75) is 39.2 Å². The predicted molar refractivity (Wildman–Crippen MR) is 73.7 cm³/mol. The van der Waals surface area contributed by atoms with Crippen LogP contribution in [0.2, 0.25) is 0 Å². The van der Waals surface area contributed by atoms with Crippen LogP contribution < -0.4 is 4.57 Å². The van der Waals surface area contributed by atoms with E-state index in [2.05, 4.69) is 67.9 Å². The van der Waals surface area contributed by atoms with Gasteiger partial charge in [-0.15, -0.1) is 0 Å². The first kappa shape index (κ1) is 11.5. The summed E-state index contributed by atoms with van der Waals surface area (Å²) in [5.74, 6) is 0. The van der Waals surface area contributed by atoms with Gasteiger partial charge in [-0.05, 0) is 16.5 Å². The van der Waals surface area contributed by atoms with Crippen LogP contribution in [0.1, 0.15) is 43.2 Å². The molecule has 2 aromatic rings. The van der Waals surface area contributed by atoms with Crippen LogP contribution in [-0.4, -0.2) is 0 Å². The van der Waals surface area contributed by atoms with E-state index in [1.807, 2.05) is 0 Å². The molecule has 92 valence electrons. The predicted octanol–water partition coefficient (Wildman–Crippen LogP) is 3.22. The summed E-state index contributed by atoms with van der Waals surface area (Å²) in [4.78, 5) is 0. The molecule has 0 bridgehead atoms. The lowest BCUT2D eigenvalue weighted by molar-refractivity contribution is -0.697. The van der Waals surface area contributed by atoms with Crippen LogP contribution in [0.5, 0.6) is 0 Å². The lowest BCUT2D eigenvalue weighted by atomic mass is 9.80. The molecule has 1 aromatic heterocycles. The highest BCUT2D eigenvalue weighted by molar-refractivity contribution is 5.41. The zero-order valence-electron chi connectivity index (χ0n) is 11.4. The summed E-state index contributed by atoms with van der Waals surface area (Å²) in [6, 6.07) is 13.2. The van der Waals surface area contributed by atoms with Crippen molar-refractivity contribution in [1.29, 1.82) is 0 Å². The van der Waals surface area contributed by atoms with Crippen LogP contribution in [0.4, 0.5) is 0 Å². The molecule has 0 amide bonds. The fourth-order valence-corrected chi connectivity index (χ4v) is 2.89. The second kappa shape index (κ2) is 3.94. The van der Waals surface area contributed by atoms with Crippen LogP contribution in [-0.2, 0) is 18.4 Å². The molecule has 18 heavy (non-hydrogen) atoms. The monoisotopic (exact) mass is 238 g/mol. The summed E-state index contributed by atoms with van der Waals surface area (Å²) in [7, 11) is 0. The SMILES string of the molecule is CC(C)(C)c1cccc2c1Cc1cccc[n+]1C2. The largest absolute Gasteiger partial charge is 0.198 e. The molecule has 3 rings (SSSR count). The third kappa shape index (κ3) is 1.84. The van der Waals surface area contributed by atoms with Crippen LogP contribution >= 0.6 is 0 Å². The molecule has 0 atom stereocenters. The van der Waals surface area contributed by atoms with Crippen molar-refractivity contribution in [2.24, 2.45) is 0 Å². The highest BCUT2D eigenvalue weighted by Crippen LogP contribution is 2.30. The smallest absolute Gasteiger partial charge is 0.186 e. The minimum Gasteiger partial charge on any atom is -0.198 e. The Balaban J connectivity index is 2.14. The number of nitrogens with zero attached hydrogens (tertiary/aromatic N) is 1. The van der Waals surface area contributed by atoms with Crippen molar-refractivity contribution < 1.29 is 4.57 Å². The lowest BCUT2D eigenvalue weighted by Gasteiger charge is -2.26. The number of fused-ring (bicyclic) bond motifs is 2. The van der Waals surface area contributed by atoms with Gasteiger partial charge in [0, 0.05) is 17.7 Å². The fourth-order valence-electron chi connectivity index (χ4n) is 2.89. The summed E-state index contributed by atoms with van der Waals surface area (Å²) in [6.07, 6.45) is 3.24. The summed E-state index contributed by atoms with van der Waals surface area (Å²) in [5.41, 5.74) is 6.15. The van der Waals surface area contributed by atoms with Crippen molar-refractivity contribution in [2.75, 3.05) is 0 Å². The summed E-state index contributed by atoms with van der Waals surface area (Å²) in [5, 5.41) is 0. The molecule has 0 fully saturated rings. The Morgan fingerprint density at radius 2 is 1.83 bits per heavy atom. The average Bonchev–Trinajstić information content (AvgIpc) is 2.34. The van der Waals surface area contributed by atoms with Gasteiger partial charge in [0.2, 0.25) is 0 Å². The first-order chi connectivity index (χ1) is 8.55. The van der Waals surface area contributed by atoms with E-state index in [9.17, 15) is 0 Å². The van der Waals surface area contributed by atoms with Crippen LogP contribution in [0.25, 0.3) is 0 Å². The molecule has 1 nitrogen and oxygen atoms in total. The quantitative estimate of drug-likeness (QED) is 0.529. The standard InChI is InChI=1S/C17H20N/c1-17(2,3)16-9-6-7-13-12-18-10-5-4-8-14(18)11-15(13)16/h4-10H,11-12H2,1-3H3/q+1. The van der Waals surface area contributed by atoms with E-state index < -0.39 is 0 Å². The van der Waals surface area contributed by atoms with E-state index in [1.54, 1.807) is 0 Å². The minimum atomic E-state index is 0.224. The average molecular weight is 238 g/mol. The molecule has 1 aliphatic heterocycles. The van der Waals surface area contributed by atoms with E-state index in [0.717, 1.165) is 13.0 Å². The number of pyridine rings is 1. The van der Waals surface area contributed by atoms with E-state index >= 15 is 0 Å². The maximum atomic E-state index is 2.36. The number of benzene rings is 1. The van der Waals surface area contributed by atoms with E-state index in [-0.39, 0.29) is 5.41 Å². The first-order valence-corrected chi connectivity index (χ1v) is 6.64. The highest BCUT2D eigenvalue weighted by atomic mass is 15.0. The Morgan fingerprint density at radius 1 is 1.00 bits per heavy atom. The molecule has 1 heteroatoms. The molecule has 0 radical (unpaired) electrons. The normalized spacial score (nSPS) is 13.9. The Morgan fingerprint density at radius 3 is 2.61 bits per heavy atom. The maximum absolute atomic E-state index is 2.36. The molecule has 0 unspecified atom stereocenters. The molecule has 0 N–H and O–H groups in total. The molecular formula is C17H20N+. The molecular weight excluding hydrogens is 218 g/mol. The second-order valence-electron chi connectivity index (χ2n) is 6.19.